The molecule has 6 heteroatoms. The average Bonchev–Trinajstić information content (AvgIpc) is 3.06. The Morgan fingerprint density at radius 1 is 1.25 bits per heavy atom. The second-order valence-corrected chi connectivity index (χ2v) is 7.15. The molecule has 0 amide bonds. The second kappa shape index (κ2) is 5.34. The lowest BCUT2D eigenvalue weighted by molar-refractivity contribution is 0.508. The highest BCUT2D eigenvalue weighted by atomic mass is 32.1. The Kier molecular flexibility index (Phi) is 3.38. The van der Waals surface area contributed by atoms with Crippen molar-refractivity contribution in [1.29, 1.82) is 0 Å². The van der Waals surface area contributed by atoms with Crippen LogP contribution in [0.5, 0.6) is 0 Å². The molecule has 0 bridgehead atoms. The first-order valence-electron chi connectivity index (χ1n) is 7.62. The Morgan fingerprint density at radius 3 is 2.79 bits per heavy atom. The standard InChI is InChI=1S/C18H14F2N2OS/c1-9-10(2)24-17-15(9)18(23)22-6-5-12(16(22)21-17)7-11-3-4-13(19)14(20)8-11/h3-4,7-8H,5-6H2,1-2H3. The monoisotopic (exact) mass is 344 g/mol. The highest BCUT2D eigenvalue weighted by molar-refractivity contribution is 7.18. The quantitative estimate of drug-likeness (QED) is 0.660. The van der Waals surface area contributed by atoms with Crippen LogP contribution in [0.25, 0.3) is 21.9 Å². The lowest BCUT2D eigenvalue weighted by Gasteiger charge is -2.03. The van der Waals surface area contributed by atoms with Gasteiger partial charge in [-0.3, -0.25) is 9.36 Å². The number of aryl methyl sites for hydroxylation is 2. The van der Waals surface area contributed by atoms with Crippen LogP contribution in [0, 0.1) is 25.5 Å². The average molecular weight is 344 g/mol. The molecule has 1 aliphatic heterocycles. The molecule has 0 spiro atoms. The van der Waals surface area contributed by atoms with Gasteiger partial charge in [-0.15, -0.1) is 11.3 Å². The summed E-state index contributed by atoms with van der Waals surface area (Å²) in [4.78, 5) is 19.2. The lowest BCUT2D eigenvalue weighted by atomic mass is 10.1. The van der Waals surface area contributed by atoms with Crippen molar-refractivity contribution in [3.8, 4) is 0 Å². The number of thiophene rings is 1. The van der Waals surface area contributed by atoms with E-state index in [4.69, 9.17) is 0 Å². The van der Waals surface area contributed by atoms with E-state index in [9.17, 15) is 13.6 Å². The van der Waals surface area contributed by atoms with E-state index in [1.54, 1.807) is 10.6 Å². The van der Waals surface area contributed by atoms with Crippen LogP contribution in [0.3, 0.4) is 0 Å². The summed E-state index contributed by atoms with van der Waals surface area (Å²) in [5.41, 5.74) is 2.39. The number of allylic oxidation sites excluding steroid dienone is 1. The lowest BCUT2D eigenvalue weighted by Crippen LogP contribution is -2.20. The molecule has 0 saturated heterocycles. The molecule has 122 valence electrons. The normalized spacial score (nSPS) is 15.4. The minimum Gasteiger partial charge on any atom is -0.292 e. The smallest absolute Gasteiger partial charge is 0.262 e. The maximum Gasteiger partial charge on any atom is 0.262 e. The number of rotatable bonds is 1. The molecule has 3 heterocycles. The zero-order chi connectivity index (χ0) is 17.0. The third-order valence-corrected chi connectivity index (χ3v) is 5.57. The predicted octanol–water partition coefficient (Wildman–Crippen LogP) is 4.30. The molecule has 0 aliphatic carbocycles. The number of aromatic nitrogens is 2. The number of halogens is 2. The van der Waals surface area contributed by atoms with E-state index in [0.29, 0.717) is 29.7 Å². The van der Waals surface area contributed by atoms with Crippen molar-refractivity contribution in [3.05, 3.63) is 62.0 Å². The highest BCUT2D eigenvalue weighted by Gasteiger charge is 2.23. The van der Waals surface area contributed by atoms with Crippen molar-refractivity contribution in [2.45, 2.75) is 26.8 Å². The summed E-state index contributed by atoms with van der Waals surface area (Å²) in [5.74, 6) is -1.13. The van der Waals surface area contributed by atoms with Crippen molar-refractivity contribution in [2.24, 2.45) is 0 Å². The molecule has 1 aliphatic rings. The number of benzene rings is 1. The van der Waals surface area contributed by atoms with Gasteiger partial charge in [0, 0.05) is 11.4 Å². The van der Waals surface area contributed by atoms with Crippen molar-refractivity contribution in [3.63, 3.8) is 0 Å². The second-order valence-electron chi connectivity index (χ2n) is 5.95. The maximum atomic E-state index is 13.4. The first kappa shape index (κ1) is 15.2. The summed E-state index contributed by atoms with van der Waals surface area (Å²) < 4.78 is 28.1. The molecule has 0 fully saturated rings. The Bertz CT molecular complexity index is 1080. The fourth-order valence-corrected chi connectivity index (χ4v) is 4.08. The van der Waals surface area contributed by atoms with Gasteiger partial charge in [-0.25, -0.2) is 13.8 Å². The van der Waals surface area contributed by atoms with Crippen LogP contribution in [-0.2, 0) is 6.54 Å². The summed E-state index contributed by atoms with van der Waals surface area (Å²) in [5, 5.41) is 0.690. The third-order valence-electron chi connectivity index (χ3n) is 4.47. The zero-order valence-corrected chi connectivity index (χ0v) is 14.0. The van der Waals surface area contributed by atoms with E-state index in [1.165, 1.54) is 17.4 Å². The van der Waals surface area contributed by atoms with E-state index in [-0.39, 0.29) is 5.56 Å². The SMILES string of the molecule is Cc1sc2nc3n(c(=O)c2c1C)CCC3=Cc1ccc(F)c(F)c1. The Hall–Kier alpha value is -2.34. The van der Waals surface area contributed by atoms with Crippen molar-refractivity contribution in [1.82, 2.24) is 9.55 Å². The molecule has 0 N–H and O–H groups in total. The van der Waals surface area contributed by atoms with Gasteiger partial charge in [0.15, 0.2) is 11.6 Å². The molecule has 2 aromatic heterocycles. The first-order valence-corrected chi connectivity index (χ1v) is 8.44. The van der Waals surface area contributed by atoms with Gasteiger partial charge in [-0.1, -0.05) is 6.07 Å². The van der Waals surface area contributed by atoms with Crippen LogP contribution >= 0.6 is 11.3 Å². The van der Waals surface area contributed by atoms with Gasteiger partial charge in [0.1, 0.15) is 10.7 Å². The molecule has 0 atom stereocenters. The van der Waals surface area contributed by atoms with Gasteiger partial charge >= 0.3 is 0 Å². The molecule has 1 aromatic carbocycles. The van der Waals surface area contributed by atoms with E-state index in [1.807, 2.05) is 13.8 Å². The van der Waals surface area contributed by atoms with Gasteiger partial charge in [-0.2, -0.15) is 0 Å². The Labute approximate surface area is 140 Å². The van der Waals surface area contributed by atoms with E-state index in [2.05, 4.69) is 4.98 Å². The third kappa shape index (κ3) is 2.21. The summed E-state index contributed by atoms with van der Waals surface area (Å²) in [6, 6.07) is 3.78. The number of hydrogen-bond donors (Lipinski definition) is 0. The first-order chi connectivity index (χ1) is 11.5. The Morgan fingerprint density at radius 2 is 2.04 bits per heavy atom. The number of fused-ring (bicyclic) bond motifs is 2. The van der Waals surface area contributed by atoms with Crippen molar-refractivity contribution in [2.75, 3.05) is 0 Å². The Balaban J connectivity index is 1.90. The molecule has 3 aromatic rings. The molecule has 0 radical (unpaired) electrons. The van der Waals surface area contributed by atoms with E-state index >= 15 is 0 Å². The van der Waals surface area contributed by atoms with Gasteiger partial charge in [0.25, 0.3) is 5.56 Å². The molecule has 24 heavy (non-hydrogen) atoms. The molecule has 0 unspecified atom stereocenters. The minimum atomic E-state index is -0.882. The van der Waals surface area contributed by atoms with Crippen LogP contribution in [0.4, 0.5) is 8.78 Å². The van der Waals surface area contributed by atoms with Crippen molar-refractivity contribution >= 4 is 33.2 Å². The van der Waals surface area contributed by atoms with Crippen LogP contribution in [0.2, 0.25) is 0 Å². The maximum absolute atomic E-state index is 13.4. The van der Waals surface area contributed by atoms with Crippen LogP contribution in [-0.4, -0.2) is 9.55 Å². The van der Waals surface area contributed by atoms with E-state index < -0.39 is 11.6 Å². The van der Waals surface area contributed by atoms with Crippen LogP contribution in [0.1, 0.15) is 28.2 Å². The van der Waals surface area contributed by atoms with Gasteiger partial charge in [0.05, 0.1) is 5.39 Å². The highest BCUT2D eigenvalue weighted by Crippen LogP contribution is 2.32. The van der Waals surface area contributed by atoms with Gasteiger partial charge in [-0.05, 0) is 55.2 Å². The molecule has 3 nitrogen and oxygen atoms in total. The van der Waals surface area contributed by atoms with Crippen molar-refractivity contribution < 1.29 is 8.78 Å². The predicted molar refractivity (Wildman–Crippen MR) is 92.2 cm³/mol. The summed E-state index contributed by atoms with van der Waals surface area (Å²) >= 11 is 1.51. The largest absolute Gasteiger partial charge is 0.292 e. The fraction of sp³-hybridized carbons (Fsp3) is 0.222. The molecular weight excluding hydrogens is 330 g/mol. The summed E-state index contributed by atoms with van der Waals surface area (Å²) in [6.45, 7) is 4.48. The summed E-state index contributed by atoms with van der Waals surface area (Å²) in [7, 11) is 0. The minimum absolute atomic E-state index is 0.0227. The molecular formula is C18H14F2N2OS. The molecule has 0 saturated carbocycles. The van der Waals surface area contributed by atoms with Gasteiger partial charge < -0.3 is 0 Å². The van der Waals surface area contributed by atoms with Crippen LogP contribution in [0.15, 0.2) is 23.0 Å². The number of nitrogens with zero attached hydrogens (tertiary/aromatic N) is 2. The summed E-state index contributed by atoms with van der Waals surface area (Å²) in [6.07, 6.45) is 2.42. The molecule has 4 rings (SSSR count). The number of hydrogen-bond acceptors (Lipinski definition) is 3. The van der Waals surface area contributed by atoms with Crippen LogP contribution < -0.4 is 5.56 Å². The zero-order valence-electron chi connectivity index (χ0n) is 13.2. The topological polar surface area (TPSA) is 34.9 Å². The fourth-order valence-electron chi connectivity index (χ4n) is 3.06. The van der Waals surface area contributed by atoms with Gasteiger partial charge in [0.2, 0.25) is 0 Å². The van der Waals surface area contributed by atoms with E-state index in [0.717, 1.165) is 33.0 Å².